The lowest BCUT2D eigenvalue weighted by atomic mass is 10.1. The number of nitrogens with one attached hydrogen (secondary N) is 5. The highest BCUT2D eigenvalue weighted by Gasteiger charge is 2.15. The molecular formula is C16H31N5O4. The second-order valence-corrected chi connectivity index (χ2v) is 7.73. The van der Waals surface area contributed by atoms with Crippen molar-refractivity contribution in [3.63, 3.8) is 0 Å². The Morgan fingerprint density at radius 1 is 0.560 bits per heavy atom. The van der Waals surface area contributed by atoms with Gasteiger partial charge in [-0.1, -0.05) is 0 Å². The molecule has 0 aromatic heterocycles. The molecule has 0 aromatic rings. The first kappa shape index (κ1) is 22.8. The summed E-state index contributed by atoms with van der Waals surface area (Å²) in [4.78, 5) is 46.2. The molecule has 0 aliphatic rings. The van der Waals surface area contributed by atoms with E-state index in [1.165, 1.54) is 0 Å². The van der Waals surface area contributed by atoms with Gasteiger partial charge in [0.25, 0.3) is 0 Å². The highest BCUT2D eigenvalue weighted by molar-refractivity contribution is 5.90. The van der Waals surface area contributed by atoms with E-state index in [9.17, 15) is 19.2 Å². The zero-order chi connectivity index (χ0) is 19.7. The Kier molecular flexibility index (Phi) is 9.11. The van der Waals surface area contributed by atoms with Gasteiger partial charge < -0.3 is 26.6 Å². The fourth-order valence-electron chi connectivity index (χ4n) is 1.53. The molecule has 5 N–H and O–H groups in total. The van der Waals surface area contributed by atoms with Gasteiger partial charge in [0.2, 0.25) is 23.6 Å². The standard InChI is InChI=1S/C16H31N5O4/c1-15(2,3)20-10-13(24)18-8-11(22)17-7-12(23)19-9-14(25)21-16(4,5)6/h20H,7-10H2,1-6H3,(H,17,22)(H,18,24)(H,19,23)(H,21,25). The molecule has 0 aliphatic carbocycles. The summed E-state index contributed by atoms with van der Waals surface area (Å²) in [6, 6.07) is 0. The number of hydrogen-bond donors (Lipinski definition) is 5. The summed E-state index contributed by atoms with van der Waals surface area (Å²) in [6.45, 7) is 10.7. The molecule has 0 saturated carbocycles. The molecule has 0 atom stereocenters. The van der Waals surface area contributed by atoms with Crippen LogP contribution in [0.25, 0.3) is 0 Å². The summed E-state index contributed by atoms with van der Waals surface area (Å²) in [7, 11) is 0. The van der Waals surface area contributed by atoms with E-state index in [1.807, 2.05) is 41.5 Å². The van der Waals surface area contributed by atoms with E-state index < -0.39 is 11.8 Å². The Hall–Kier alpha value is -2.16. The summed E-state index contributed by atoms with van der Waals surface area (Å²) < 4.78 is 0. The molecule has 9 nitrogen and oxygen atoms in total. The minimum absolute atomic E-state index is 0.0974. The molecule has 0 unspecified atom stereocenters. The second-order valence-electron chi connectivity index (χ2n) is 7.73. The van der Waals surface area contributed by atoms with Crippen LogP contribution >= 0.6 is 0 Å². The molecule has 0 heterocycles. The molecule has 9 heteroatoms. The van der Waals surface area contributed by atoms with Gasteiger partial charge in [0.05, 0.1) is 26.2 Å². The van der Waals surface area contributed by atoms with Crippen molar-refractivity contribution in [2.75, 3.05) is 26.2 Å². The predicted octanol–water partition coefficient (Wildman–Crippen LogP) is -1.36. The Morgan fingerprint density at radius 3 is 1.28 bits per heavy atom. The highest BCUT2D eigenvalue weighted by atomic mass is 16.2. The molecule has 4 amide bonds. The number of carbonyl (C=O) groups excluding carboxylic acids is 4. The summed E-state index contributed by atoms with van der Waals surface area (Å²) in [5, 5.41) is 12.9. The molecule has 0 radical (unpaired) electrons. The minimum atomic E-state index is -0.488. The van der Waals surface area contributed by atoms with Crippen LogP contribution in [0.1, 0.15) is 41.5 Å². The maximum Gasteiger partial charge on any atom is 0.239 e. The van der Waals surface area contributed by atoms with Gasteiger partial charge in [0, 0.05) is 11.1 Å². The van der Waals surface area contributed by atoms with E-state index in [-0.39, 0.29) is 49.1 Å². The summed E-state index contributed by atoms with van der Waals surface area (Å²) in [5.41, 5.74) is -0.576. The number of rotatable bonds is 8. The third-order valence-electron chi connectivity index (χ3n) is 2.63. The lowest BCUT2D eigenvalue weighted by molar-refractivity contribution is -0.128. The molecule has 144 valence electrons. The van der Waals surface area contributed by atoms with E-state index in [0.717, 1.165) is 0 Å². The van der Waals surface area contributed by atoms with E-state index in [2.05, 4.69) is 26.6 Å². The third kappa shape index (κ3) is 15.1. The van der Waals surface area contributed by atoms with Crippen molar-refractivity contribution in [3.8, 4) is 0 Å². The van der Waals surface area contributed by atoms with Crippen LogP contribution in [0.3, 0.4) is 0 Å². The molecule has 0 aliphatic heterocycles. The fraction of sp³-hybridized carbons (Fsp3) is 0.750. The van der Waals surface area contributed by atoms with Crippen LogP contribution in [0.2, 0.25) is 0 Å². The smallest absolute Gasteiger partial charge is 0.239 e. The lowest BCUT2D eigenvalue weighted by Crippen LogP contribution is -2.48. The van der Waals surface area contributed by atoms with Gasteiger partial charge in [-0.2, -0.15) is 0 Å². The van der Waals surface area contributed by atoms with E-state index in [0.29, 0.717) is 0 Å². The molecule has 0 saturated heterocycles. The first-order valence-electron chi connectivity index (χ1n) is 8.14. The summed E-state index contributed by atoms with van der Waals surface area (Å²) >= 11 is 0. The van der Waals surface area contributed by atoms with Crippen molar-refractivity contribution in [3.05, 3.63) is 0 Å². The molecule has 0 aromatic carbocycles. The molecular weight excluding hydrogens is 326 g/mol. The van der Waals surface area contributed by atoms with Gasteiger partial charge in [-0.15, -0.1) is 0 Å². The van der Waals surface area contributed by atoms with Gasteiger partial charge in [-0.25, -0.2) is 0 Å². The van der Waals surface area contributed by atoms with Gasteiger partial charge in [0.15, 0.2) is 0 Å². The zero-order valence-electron chi connectivity index (χ0n) is 16.0. The molecule has 0 fully saturated rings. The Labute approximate surface area is 149 Å². The second kappa shape index (κ2) is 9.97. The molecule has 0 spiro atoms. The van der Waals surface area contributed by atoms with Crippen LogP contribution in [-0.4, -0.2) is 60.9 Å². The van der Waals surface area contributed by atoms with Crippen LogP contribution in [0.15, 0.2) is 0 Å². The van der Waals surface area contributed by atoms with Crippen LogP contribution in [-0.2, 0) is 19.2 Å². The first-order valence-corrected chi connectivity index (χ1v) is 8.14. The van der Waals surface area contributed by atoms with Crippen LogP contribution in [0.4, 0.5) is 0 Å². The van der Waals surface area contributed by atoms with Crippen molar-refractivity contribution < 1.29 is 19.2 Å². The number of hydrogen-bond acceptors (Lipinski definition) is 5. The summed E-state index contributed by atoms with van der Waals surface area (Å²) in [5.74, 6) is -1.60. The van der Waals surface area contributed by atoms with Crippen LogP contribution < -0.4 is 26.6 Å². The van der Waals surface area contributed by atoms with Crippen LogP contribution in [0, 0.1) is 0 Å². The SMILES string of the molecule is CC(C)(C)NCC(=O)NCC(=O)NCC(=O)NCC(=O)NC(C)(C)C. The van der Waals surface area contributed by atoms with Crippen molar-refractivity contribution >= 4 is 23.6 Å². The van der Waals surface area contributed by atoms with Crippen molar-refractivity contribution in [2.24, 2.45) is 0 Å². The Bertz CT molecular complexity index is 492. The van der Waals surface area contributed by atoms with Gasteiger partial charge in [0.1, 0.15) is 0 Å². The first-order chi connectivity index (χ1) is 11.3. The predicted molar refractivity (Wildman–Crippen MR) is 94.7 cm³/mol. The monoisotopic (exact) mass is 357 g/mol. The van der Waals surface area contributed by atoms with Gasteiger partial charge in [-0.3, -0.25) is 19.2 Å². The topological polar surface area (TPSA) is 128 Å². The maximum absolute atomic E-state index is 11.6. The average Bonchev–Trinajstić information content (AvgIpc) is 2.44. The van der Waals surface area contributed by atoms with Crippen molar-refractivity contribution in [1.29, 1.82) is 0 Å². The Balaban J connectivity index is 3.89. The highest BCUT2D eigenvalue weighted by Crippen LogP contribution is 1.97. The number of carbonyl (C=O) groups is 4. The quantitative estimate of drug-likeness (QED) is 0.366. The zero-order valence-corrected chi connectivity index (χ0v) is 16.0. The Morgan fingerprint density at radius 2 is 0.920 bits per heavy atom. The van der Waals surface area contributed by atoms with Crippen molar-refractivity contribution in [1.82, 2.24) is 26.6 Å². The maximum atomic E-state index is 11.6. The van der Waals surface area contributed by atoms with Gasteiger partial charge in [-0.05, 0) is 41.5 Å². The van der Waals surface area contributed by atoms with E-state index in [4.69, 9.17) is 0 Å². The van der Waals surface area contributed by atoms with E-state index in [1.54, 1.807) is 0 Å². The average molecular weight is 357 g/mol. The molecule has 25 heavy (non-hydrogen) atoms. The fourth-order valence-corrected chi connectivity index (χ4v) is 1.53. The largest absolute Gasteiger partial charge is 0.350 e. The van der Waals surface area contributed by atoms with Crippen molar-refractivity contribution in [2.45, 2.75) is 52.6 Å². The third-order valence-corrected chi connectivity index (χ3v) is 2.63. The molecule has 0 rings (SSSR count). The van der Waals surface area contributed by atoms with E-state index >= 15 is 0 Å². The lowest BCUT2D eigenvalue weighted by Gasteiger charge is -2.20. The minimum Gasteiger partial charge on any atom is -0.350 e. The van der Waals surface area contributed by atoms with Crippen LogP contribution in [0.5, 0.6) is 0 Å². The van der Waals surface area contributed by atoms with Gasteiger partial charge >= 0.3 is 0 Å². The molecule has 0 bridgehead atoms. The summed E-state index contributed by atoms with van der Waals surface area (Å²) in [6.07, 6.45) is 0. The number of amides is 4. The normalized spacial score (nSPS) is 11.4.